The molecule has 2 N–H and O–H groups in total. The Kier molecular flexibility index (Phi) is 6.77. The highest BCUT2D eigenvalue weighted by Gasteiger charge is 2.24. The van der Waals surface area contributed by atoms with Gasteiger partial charge in [0.15, 0.2) is 0 Å². The van der Waals surface area contributed by atoms with Gasteiger partial charge in [-0.05, 0) is 45.4 Å². The van der Waals surface area contributed by atoms with Crippen molar-refractivity contribution >= 4 is 5.69 Å². The lowest BCUT2D eigenvalue weighted by Gasteiger charge is -2.26. The van der Waals surface area contributed by atoms with Crippen LogP contribution in [0.15, 0.2) is 133 Å². The monoisotopic (exact) mass is 453 g/mol. The number of rotatable bonds is 7. The minimum atomic E-state index is 0.0647. The minimum absolute atomic E-state index is 0.0647. The van der Waals surface area contributed by atoms with E-state index in [-0.39, 0.29) is 11.8 Å². The quantitative estimate of drug-likeness (QED) is 0.195. The zero-order valence-corrected chi connectivity index (χ0v) is 20.1. The maximum atomic E-state index is 6.92. The van der Waals surface area contributed by atoms with E-state index in [0.717, 1.165) is 12.1 Å². The molecule has 1 heteroatoms. The molecule has 0 spiro atoms. The molecule has 35 heavy (non-hydrogen) atoms. The van der Waals surface area contributed by atoms with E-state index in [4.69, 9.17) is 5.73 Å². The normalized spacial score (nSPS) is 11.2. The Bertz CT molecular complexity index is 1280. The van der Waals surface area contributed by atoms with Crippen LogP contribution in [0.2, 0.25) is 0 Å². The van der Waals surface area contributed by atoms with Crippen LogP contribution in [0.3, 0.4) is 0 Å². The van der Waals surface area contributed by atoms with Crippen LogP contribution >= 0.6 is 0 Å². The number of nitrogens with two attached hydrogens (primary N) is 1. The van der Waals surface area contributed by atoms with Crippen molar-refractivity contribution in [1.82, 2.24) is 0 Å². The molecule has 1 nitrogen and oxygen atoms in total. The molecule has 0 aliphatic heterocycles. The molecule has 0 aliphatic carbocycles. The van der Waals surface area contributed by atoms with Crippen LogP contribution in [0.5, 0.6) is 0 Å². The van der Waals surface area contributed by atoms with Crippen molar-refractivity contribution in [2.45, 2.75) is 25.2 Å². The summed E-state index contributed by atoms with van der Waals surface area (Å²) in [6.07, 6.45) is 0.888. The van der Waals surface area contributed by atoms with Gasteiger partial charge in [0.1, 0.15) is 0 Å². The Morgan fingerprint density at radius 1 is 0.486 bits per heavy atom. The fraction of sp³-hybridized carbons (Fsp3) is 0.118. The van der Waals surface area contributed by atoms with Crippen molar-refractivity contribution in [3.8, 4) is 0 Å². The molecule has 0 aromatic heterocycles. The molecule has 0 atom stereocenters. The summed E-state index contributed by atoms with van der Waals surface area (Å²) in [7, 11) is 0. The van der Waals surface area contributed by atoms with E-state index < -0.39 is 0 Å². The van der Waals surface area contributed by atoms with Crippen LogP contribution in [0.1, 0.15) is 57.7 Å². The number of hydrogen-bond donors (Lipinski definition) is 1. The summed E-state index contributed by atoms with van der Waals surface area (Å²) in [4.78, 5) is 0. The molecule has 0 saturated heterocycles. The summed E-state index contributed by atoms with van der Waals surface area (Å²) < 4.78 is 0. The van der Waals surface area contributed by atoms with Crippen LogP contribution in [0, 0.1) is 0 Å². The fourth-order valence-electron chi connectivity index (χ4n) is 5.17. The Labute approximate surface area is 208 Å². The van der Waals surface area contributed by atoms with Crippen LogP contribution in [-0.4, -0.2) is 0 Å². The standard InChI is InChI=1S/C34H31N/c1-2-25-23-30(32(26-15-7-3-8-16-26)27-17-9-4-10-18-27)24-31(34(25)35)33(28-19-11-5-12-20-28)29-21-13-6-14-22-29/h3-24,32-33H,2,35H2,1H3. The van der Waals surface area contributed by atoms with Gasteiger partial charge in [0.25, 0.3) is 0 Å². The lowest BCUT2D eigenvalue weighted by molar-refractivity contribution is 0.931. The van der Waals surface area contributed by atoms with E-state index in [1.807, 2.05) is 0 Å². The molecule has 5 aromatic rings. The fourth-order valence-corrected chi connectivity index (χ4v) is 5.17. The topological polar surface area (TPSA) is 26.0 Å². The summed E-state index contributed by atoms with van der Waals surface area (Å²) in [5, 5.41) is 0. The van der Waals surface area contributed by atoms with Gasteiger partial charge in [0.05, 0.1) is 0 Å². The highest BCUT2D eigenvalue weighted by atomic mass is 14.6. The zero-order valence-electron chi connectivity index (χ0n) is 20.1. The third-order valence-corrected chi connectivity index (χ3v) is 6.88. The second kappa shape index (κ2) is 10.4. The Balaban J connectivity index is 1.76. The average molecular weight is 454 g/mol. The SMILES string of the molecule is CCc1cc(C(c2ccccc2)c2ccccc2)cc(C(c2ccccc2)c2ccccc2)c1N. The van der Waals surface area contributed by atoms with E-state index >= 15 is 0 Å². The lowest BCUT2D eigenvalue weighted by atomic mass is 9.78. The third kappa shape index (κ3) is 4.76. The van der Waals surface area contributed by atoms with Crippen molar-refractivity contribution in [3.05, 3.63) is 172 Å². The molecular formula is C34H31N. The highest BCUT2D eigenvalue weighted by molar-refractivity contribution is 5.63. The largest absolute Gasteiger partial charge is 0.398 e. The van der Waals surface area contributed by atoms with Crippen molar-refractivity contribution in [3.63, 3.8) is 0 Å². The maximum Gasteiger partial charge on any atom is 0.0388 e. The third-order valence-electron chi connectivity index (χ3n) is 6.88. The predicted octanol–water partition coefficient (Wildman–Crippen LogP) is 8.19. The number of hydrogen-bond acceptors (Lipinski definition) is 1. The molecule has 0 saturated carbocycles. The molecule has 0 bridgehead atoms. The first-order chi connectivity index (χ1) is 17.3. The van der Waals surface area contributed by atoms with Gasteiger partial charge in [0.2, 0.25) is 0 Å². The van der Waals surface area contributed by atoms with Gasteiger partial charge in [-0.15, -0.1) is 0 Å². The first kappa shape index (κ1) is 22.7. The molecular weight excluding hydrogens is 422 g/mol. The smallest absolute Gasteiger partial charge is 0.0388 e. The molecule has 0 aliphatic rings. The molecule has 0 radical (unpaired) electrons. The van der Waals surface area contributed by atoms with Crippen molar-refractivity contribution in [2.75, 3.05) is 5.73 Å². The van der Waals surface area contributed by atoms with Gasteiger partial charge < -0.3 is 5.73 Å². The maximum absolute atomic E-state index is 6.92. The predicted molar refractivity (Wildman–Crippen MR) is 148 cm³/mol. The first-order valence-electron chi connectivity index (χ1n) is 12.4. The van der Waals surface area contributed by atoms with Gasteiger partial charge in [-0.25, -0.2) is 0 Å². The minimum Gasteiger partial charge on any atom is -0.398 e. The van der Waals surface area contributed by atoms with Gasteiger partial charge in [-0.1, -0.05) is 140 Å². The second-order valence-electron chi connectivity index (χ2n) is 9.05. The molecule has 0 unspecified atom stereocenters. The summed E-state index contributed by atoms with van der Waals surface area (Å²) in [6, 6.07) is 47.7. The van der Waals surface area contributed by atoms with Gasteiger partial charge in [0, 0.05) is 17.5 Å². The summed E-state index contributed by atoms with van der Waals surface area (Å²) in [5.74, 6) is 0.198. The number of nitrogen functional groups attached to an aromatic ring is 1. The molecule has 0 heterocycles. The molecule has 0 amide bonds. The van der Waals surface area contributed by atoms with E-state index in [1.165, 1.54) is 38.9 Å². The van der Waals surface area contributed by atoms with Gasteiger partial charge in [-0.2, -0.15) is 0 Å². The summed E-state index contributed by atoms with van der Waals surface area (Å²) in [5.41, 5.74) is 16.5. The van der Waals surface area contributed by atoms with Crippen LogP contribution in [0.4, 0.5) is 5.69 Å². The zero-order chi connectivity index (χ0) is 24.0. The number of benzene rings is 5. The number of aryl methyl sites for hydroxylation is 1. The van der Waals surface area contributed by atoms with E-state index in [2.05, 4.69) is 140 Å². The molecule has 172 valence electrons. The molecule has 5 aromatic carbocycles. The summed E-state index contributed by atoms with van der Waals surface area (Å²) >= 11 is 0. The van der Waals surface area contributed by atoms with Crippen LogP contribution < -0.4 is 5.73 Å². The van der Waals surface area contributed by atoms with Crippen molar-refractivity contribution in [2.24, 2.45) is 0 Å². The van der Waals surface area contributed by atoms with E-state index in [1.54, 1.807) is 0 Å². The second-order valence-corrected chi connectivity index (χ2v) is 9.05. The van der Waals surface area contributed by atoms with Crippen molar-refractivity contribution < 1.29 is 0 Å². The van der Waals surface area contributed by atoms with Crippen LogP contribution in [-0.2, 0) is 6.42 Å². The lowest BCUT2D eigenvalue weighted by Crippen LogP contribution is -2.12. The van der Waals surface area contributed by atoms with E-state index in [9.17, 15) is 0 Å². The highest BCUT2D eigenvalue weighted by Crippen LogP contribution is 2.41. The average Bonchev–Trinajstić information content (AvgIpc) is 2.93. The molecule has 5 rings (SSSR count). The number of anilines is 1. The molecule has 0 fully saturated rings. The Morgan fingerprint density at radius 2 is 0.857 bits per heavy atom. The Morgan fingerprint density at radius 3 is 1.23 bits per heavy atom. The van der Waals surface area contributed by atoms with Gasteiger partial charge in [-0.3, -0.25) is 0 Å². The Hall–Kier alpha value is -4.10. The first-order valence-corrected chi connectivity index (χ1v) is 12.4. The van der Waals surface area contributed by atoms with E-state index in [0.29, 0.717) is 0 Å². The van der Waals surface area contributed by atoms with Gasteiger partial charge >= 0.3 is 0 Å². The summed E-state index contributed by atoms with van der Waals surface area (Å²) in [6.45, 7) is 2.19. The van der Waals surface area contributed by atoms with Crippen LogP contribution in [0.25, 0.3) is 0 Å². The van der Waals surface area contributed by atoms with Crippen molar-refractivity contribution in [1.29, 1.82) is 0 Å².